The van der Waals surface area contributed by atoms with Crippen LogP contribution in [0, 0.1) is 0 Å². The van der Waals surface area contributed by atoms with Crippen molar-refractivity contribution < 1.29 is 14.3 Å². The maximum absolute atomic E-state index is 11.9. The van der Waals surface area contributed by atoms with Crippen LogP contribution in [0.15, 0.2) is 52.5 Å². The molecule has 0 fully saturated rings. The Hall–Kier alpha value is -2.18. The average Bonchev–Trinajstić information content (AvgIpc) is 2.64. The molecule has 0 atom stereocenters. The molecule has 0 aliphatic carbocycles. The van der Waals surface area contributed by atoms with E-state index in [0.29, 0.717) is 22.2 Å². The number of carbonyl (C=O) groups excluding carboxylic acids is 1. The summed E-state index contributed by atoms with van der Waals surface area (Å²) in [5, 5.41) is 4.81. The first kappa shape index (κ1) is 19.1. The molecule has 0 radical (unpaired) electrons. The lowest BCUT2D eigenvalue weighted by atomic mass is 10.1. The molecular weight excluding hydrogens is 360 g/mol. The number of nitrogens with zero attached hydrogens (tertiary/aromatic N) is 1. The number of rotatable bonds is 7. The second-order valence-electron chi connectivity index (χ2n) is 5.04. The average molecular weight is 379 g/mol. The molecule has 0 aliphatic rings. The number of methoxy groups -OCH3 is 2. The van der Waals surface area contributed by atoms with Gasteiger partial charge in [0.1, 0.15) is 0 Å². The van der Waals surface area contributed by atoms with Crippen molar-refractivity contribution in [1.82, 2.24) is 5.43 Å². The van der Waals surface area contributed by atoms with E-state index < -0.39 is 0 Å². The zero-order valence-electron chi connectivity index (χ0n) is 14.2. The lowest BCUT2D eigenvalue weighted by molar-refractivity contribution is -0.118. The minimum absolute atomic E-state index is 0.181. The van der Waals surface area contributed by atoms with Gasteiger partial charge >= 0.3 is 0 Å². The van der Waals surface area contributed by atoms with Gasteiger partial charge in [0.05, 0.1) is 25.7 Å². The standard InChI is InChI=1S/C18H19ClN2O3S/c1-12(13-4-9-16(23-2)17(10-13)24-3)20-21-18(22)11-25-15-7-5-14(19)6-8-15/h4-10H,11H2,1-3H3,(H,21,22)/b20-12-. The number of nitrogens with one attached hydrogen (secondary N) is 1. The summed E-state index contributed by atoms with van der Waals surface area (Å²) in [7, 11) is 3.15. The molecule has 1 amide bonds. The van der Waals surface area contributed by atoms with Crippen LogP contribution >= 0.6 is 23.4 Å². The van der Waals surface area contributed by atoms with Gasteiger partial charge in [0.15, 0.2) is 11.5 Å². The molecule has 0 saturated heterocycles. The van der Waals surface area contributed by atoms with Crippen LogP contribution in [-0.2, 0) is 4.79 Å². The molecule has 0 saturated carbocycles. The fourth-order valence-electron chi connectivity index (χ4n) is 1.98. The highest BCUT2D eigenvalue weighted by Gasteiger charge is 2.07. The van der Waals surface area contributed by atoms with Gasteiger partial charge in [-0.25, -0.2) is 5.43 Å². The molecule has 2 aromatic rings. The Labute approximate surface area is 156 Å². The van der Waals surface area contributed by atoms with E-state index >= 15 is 0 Å². The van der Waals surface area contributed by atoms with Gasteiger partial charge < -0.3 is 9.47 Å². The summed E-state index contributed by atoms with van der Waals surface area (Å²) < 4.78 is 10.5. The first-order chi connectivity index (χ1) is 12.0. The van der Waals surface area contributed by atoms with E-state index in [1.165, 1.54) is 11.8 Å². The van der Waals surface area contributed by atoms with Gasteiger partial charge in [0.25, 0.3) is 0 Å². The summed E-state index contributed by atoms with van der Waals surface area (Å²) in [6, 6.07) is 12.8. The number of hydrazone groups is 1. The Morgan fingerprint density at radius 3 is 2.44 bits per heavy atom. The number of halogens is 1. The number of hydrogen-bond donors (Lipinski definition) is 1. The first-order valence-electron chi connectivity index (χ1n) is 7.47. The second-order valence-corrected chi connectivity index (χ2v) is 6.53. The predicted octanol–water partition coefficient (Wildman–Crippen LogP) is 3.99. The minimum atomic E-state index is -0.181. The number of ether oxygens (including phenoxy) is 2. The van der Waals surface area contributed by atoms with Crippen molar-refractivity contribution in [3.63, 3.8) is 0 Å². The lowest BCUT2D eigenvalue weighted by Gasteiger charge is -2.09. The molecule has 0 aromatic heterocycles. The topological polar surface area (TPSA) is 59.9 Å². The number of carbonyl (C=O) groups is 1. The Kier molecular flexibility index (Phi) is 7.16. The van der Waals surface area contributed by atoms with Gasteiger partial charge in [-0.15, -0.1) is 11.8 Å². The fourth-order valence-corrected chi connectivity index (χ4v) is 2.80. The molecule has 132 valence electrons. The third-order valence-corrected chi connectivity index (χ3v) is 4.60. The van der Waals surface area contributed by atoms with E-state index in [4.69, 9.17) is 21.1 Å². The highest BCUT2D eigenvalue weighted by Crippen LogP contribution is 2.27. The molecule has 1 N–H and O–H groups in total. The van der Waals surface area contributed by atoms with Gasteiger partial charge in [0.2, 0.25) is 5.91 Å². The summed E-state index contributed by atoms with van der Waals surface area (Å²) in [6.07, 6.45) is 0. The molecular formula is C18H19ClN2O3S. The molecule has 7 heteroatoms. The van der Waals surface area contributed by atoms with Gasteiger partial charge in [-0.3, -0.25) is 4.79 Å². The van der Waals surface area contributed by atoms with E-state index in [9.17, 15) is 4.79 Å². The van der Waals surface area contributed by atoms with E-state index in [1.807, 2.05) is 31.2 Å². The Morgan fingerprint density at radius 2 is 1.80 bits per heavy atom. The van der Waals surface area contributed by atoms with Crippen LogP contribution in [0.25, 0.3) is 0 Å². The molecule has 25 heavy (non-hydrogen) atoms. The van der Waals surface area contributed by atoms with Crippen LogP contribution in [0.4, 0.5) is 0 Å². The summed E-state index contributed by atoms with van der Waals surface area (Å²) in [5.41, 5.74) is 4.07. The monoisotopic (exact) mass is 378 g/mol. The number of hydrogen-bond acceptors (Lipinski definition) is 5. The van der Waals surface area contributed by atoms with Crippen LogP contribution in [-0.4, -0.2) is 31.6 Å². The zero-order chi connectivity index (χ0) is 18.2. The van der Waals surface area contributed by atoms with E-state index in [0.717, 1.165) is 10.5 Å². The van der Waals surface area contributed by atoms with Crippen molar-refractivity contribution in [3.05, 3.63) is 53.1 Å². The molecule has 5 nitrogen and oxygen atoms in total. The number of amides is 1. The Morgan fingerprint density at radius 1 is 1.12 bits per heavy atom. The SMILES string of the molecule is COc1ccc(/C(C)=N\NC(=O)CSc2ccc(Cl)cc2)cc1OC. The van der Waals surface area contributed by atoms with Crippen molar-refractivity contribution in [2.24, 2.45) is 5.10 Å². The first-order valence-corrected chi connectivity index (χ1v) is 8.83. The van der Waals surface area contributed by atoms with Crippen LogP contribution in [0.3, 0.4) is 0 Å². The third-order valence-electron chi connectivity index (χ3n) is 3.33. The van der Waals surface area contributed by atoms with Crippen molar-refractivity contribution in [1.29, 1.82) is 0 Å². The van der Waals surface area contributed by atoms with Gasteiger partial charge in [-0.2, -0.15) is 5.10 Å². The summed E-state index contributed by atoms with van der Waals surface area (Å²) in [4.78, 5) is 12.9. The number of thioether (sulfide) groups is 1. The molecule has 0 aliphatic heterocycles. The Balaban J connectivity index is 1.93. The molecule has 0 heterocycles. The molecule has 0 unspecified atom stereocenters. The van der Waals surface area contributed by atoms with Gasteiger partial charge in [-0.05, 0) is 49.4 Å². The van der Waals surface area contributed by atoms with Gasteiger partial charge in [-0.1, -0.05) is 11.6 Å². The van der Waals surface area contributed by atoms with E-state index in [2.05, 4.69) is 10.5 Å². The number of benzene rings is 2. The molecule has 2 aromatic carbocycles. The quantitative estimate of drug-likeness (QED) is 0.449. The van der Waals surface area contributed by atoms with Crippen LogP contribution in [0.2, 0.25) is 5.02 Å². The fraction of sp³-hybridized carbons (Fsp3) is 0.222. The maximum Gasteiger partial charge on any atom is 0.250 e. The van der Waals surface area contributed by atoms with Crippen LogP contribution < -0.4 is 14.9 Å². The van der Waals surface area contributed by atoms with Crippen molar-refractivity contribution in [2.75, 3.05) is 20.0 Å². The van der Waals surface area contributed by atoms with Gasteiger partial charge in [0, 0.05) is 15.5 Å². The van der Waals surface area contributed by atoms with Crippen molar-refractivity contribution in [3.8, 4) is 11.5 Å². The lowest BCUT2D eigenvalue weighted by Crippen LogP contribution is -2.21. The molecule has 0 bridgehead atoms. The second kappa shape index (κ2) is 9.34. The minimum Gasteiger partial charge on any atom is -0.493 e. The predicted molar refractivity (Wildman–Crippen MR) is 102 cm³/mol. The maximum atomic E-state index is 11.9. The molecule has 0 spiro atoms. The van der Waals surface area contributed by atoms with Crippen LogP contribution in [0.5, 0.6) is 11.5 Å². The third kappa shape index (κ3) is 5.69. The highest BCUT2D eigenvalue weighted by atomic mass is 35.5. The van der Waals surface area contributed by atoms with Crippen molar-refractivity contribution in [2.45, 2.75) is 11.8 Å². The Bertz CT molecular complexity index is 763. The summed E-state index contributed by atoms with van der Waals surface area (Å²) in [5.74, 6) is 1.34. The summed E-state index contributed by atoms with van der Waals surface area (Å²) >= 11 is 7.25. The summed E-state index contributed by atoms with van der Waals surface area (Å²) in [6.45, 7) is 1.81. The largest absolute Gasteiger partial charge is 0.493 e. The smallest absolute Gasteiger partial charge is 0.250 e. The van der Waals surface area contributed by atoms with Crippen molar-refractivity contribution >= 4 is 35.0 Å². The molecule has 2 rings (SSSR count). The normalized spacial score (nSPS) is 11.1. The zero-order valence-corrected chi connectivity index (χ0v) is 15.8. The van der Waals surface area contributed by atoms with E-state index in [-0.39, 0.29) is 11.7 Å². The highest BCUT2D eigenvalue weighted by molar-refractivity contribution is 8.00. The van der Waals surface area contributed by atoms with E-state index in [1.54, 1.807) is 32.4 Å². The van der Waals surface area contributed by atoms with Crippen LogP contribution in [0.1, 0.15) is 12.5 Å².